The van der Waals surface area contributed by atoms with Crippen LogP contribution in [0.3, 0.4) is 0 Å². The van der Waals surface area contributed by atoms with Gasteiger partial charge >= 0.3 is 0 Å². The number of fused-ring (bicyclic) bond motifs is 1. The average molecular weight is 412 g/mol. The van der Waals surface area contributed by atoms with Crippen molar-refractivity contribution in [2.24, 2.45) is 0 Å². The number of anilines is 1. The standard InChI is InChI=1S/C22H22FN3O2S/c1-16-13-19(23)8-9-22(16)29(27,28)25-15-21(18-6-4-11-24-14-18)26-12-10-17-5-2-3-7-20(17)26/h2-9,11,13-14,21,25H,10,12,15H2,1H3/t21-/m1/s1. The first kappa shape index (κ1) is 19.5. The van der Waals surface area contributed by atoms with Crippen molar-refractivity contribution in [1.82, 2.24) is 9.71 Å². The van der Waals surface area contributed by atoms with E-state index < -0.39 is 15.8 Å². The number of benzene rings is 2. The zero-order chi connectivity index (χ0) is 20.4. The molecular weight excluding hydrogens is 389 g/mol. The molecule has 4 rings (SSSR count). The number of sulfonamides is 1. The smallest absolute Gasteiger partial charge is 0.240 e. The number of nitrogens with zero attached hydrogens (tertiary/aromatic N) is 2. The monoisotopic (exact) mass is 411 g/mol. The lowest BCUT2D eigenvalue weighted by Crippen LogP contribution is -2.37. The van der Waals surface area contributed by atoms with Gasteiger partial charge in [0, 0.05) is 31.2 Å². The number of pyridine rings is 1. The molecule has 0 amide bonds. The Balaban J connectivity index is 1.63. The van der Waals surface area contributed by atoms with E-state index >= 15 is 0 Å². The molecule has 1 aromatic heterocycles. The molecule has 7 heteroatoms. The van der Waals surface area contributed by atoms with E-state index in [0.29, 0.717) is 5.56 Å². The molecule has 1 atom stereocenters. The van der Waals surface area contributed by atoms with Crippen LogP contribution in [0, 0.1) is 12.7 Å². The van der Waals surface area contributed by atoms with Crippen LogP contribution >= 0.6 is 0 Å². The highest BCUT2D eigenvalue weighted by atomic mass is 32.2. The SMILES string of the molecule is Cc1cc(F)ccc1S(=O)(=O)NC[C@H](c1cccnc1)N1CCc2ccccc21. The van der Waals surface area contributed by atoms with E-state index in [1.165, 1.54) is 17.7 Å². The highest BCUT2D eigenvalue weighted by molar-refractivity contribution is 7.89. The summed E-state index contributed by atoms with van der Waals surface area (Å²) in [5.41, 5.74) is 3.67. The van der Waals surface area contributed by atoms with Crippen LogP contribution in [-0.2, 0) is 16.4 Å². The Hall–Kier alpha value is -2.77. The molecule has 1 aliphatic rings. The molecule has 2 aromatic carbocycles. The molecule has 1 N–H and O–H groups in total. The minimum absolute atomic E-state index is 0.0886. The summed E-state index contributed by atoms with van der Waals surface area (Å²) in [6.07, 6.45) is 4.38. The van der Waals surface area contributed by atoms with E-state index in [2.05, 4.69) is 26.7 Å². The van der Waals surface area contributed by atoms with Gasteiger partial charge in [-0.3, -0.25) is 4.98 Å². The minimum atomic E-state index is -3.78. The van der Waals surface area contributed by atoms with Gasteiger partial charge in [0.15, 0.2) is 0 Å². The molecule has 1 aliphatic heterocycles. The fourth-order valence-electron chi connectivity index (χ4n) is 3.85. The van der Waals surface area contributed by atoms with Crippen LogP contribution < -0.4 is 9.62 Å². The molecule has 2 heterocycles. The molecule has 0 saturated carbocycles. The number of aromatic nitrogens is 1. The Labute approximate surface area is 170 Å². The zero-order valence-electron chi connectivity index (χ0n) is 16.0. The minimum Gasteiger partial charge on any atom is -0.363 e. The van der Waals surface area contributed by atoms with Crippen LogP contribution in [0.4, 0.5) is 10.1 Å². The van der Waals surface area contributed by atoms with Gasteiger partial charge in [0.05, 0.1) is 10.9 Å². The molecule has 0 fully saturated rings. The quantitative estimate of drug-likeness (QED) is 0.673. The fraction of sp³-hybridized carbons (Fsp3) is 0.227. The molecule has 5 nitrogen and oxygen atoms in total. The van der Waals surface area contributed by atoms with E-state index in [1.807, 2.05) is 24.3 Å². The molecule has 29 heavy (non-hydrogen) atoms. The fourth-order valence-corrected chi connectivity index (χ4v) is 5.11. The molecule has 3 aromatic rings. The summed E-state index contributed by atoms with van der Waals surface area (Å²) in [7, 11) is -3.78. The summed E-state index contributed by atoms with van der Waals surface area (Å²) < 4.78 is 41.9. The van der Waals surface area contributed by atoms with E-state index in [4.69, 9.17) is 0 Å². The normalized spacial score (nSPS) is 14.6. The van der Waals surface area contributed by atoms with Crippen molar-refractivity contribution < 1.29 is 12.8 Å². The first-order valence-corrected chi connectivity index (χ1v) is 10.9. The molecular formula is C22H22FN3O2S. The number of halogens is 1. The molecule has 0 aliphatic carbocycles. The Morgan fingerprint density at radius 1 is 1.17 bits per heavy atom. The molecule has 0 bridgehead atoms. The predicted molar refractivity (Wildman–Crippen MR) is 111 cm³/mol. The van der Waals surface area contributed by atoms with E-state index in [9.17, 15) is 12.8 Å². The van der Waals surface area contributed by atoms with Crippen LogP contribution in [0.1, 0.15) is 22.7 Å². The van der Waals surface area contributed by atoms with E-state index in [-0.39, 0.29) is 17.5 Å². The second kappa shape index (κ2) is 7.93. The maximum atomic E-state index is 13.4. The third kappa shape index (κ3) is 4.02. The topological polar surface area (TPSA) is 62.3 Å². The van der Waals surface area contributed by atoms with Crippen molar-refractivity contribution in [2.45, 2.75) is 24.3 Å². The largest absolute Gasteiger partial charge is 0.363 e. The van der Waals surface area contributed by atoms with Crippen molar-refractivity contribution in [3.63, 3.8) is 0 Å². The average Bonchev–Trinajstić information content (AvgIpc) is 3.13. The van der Waals surface area contributed by atoms with Crippen LogP contribution in [-0.4, -0.2) is 26.5 Å². The lowest BCUT2D eigenvalue weighted by Gasteiger charge is -2.31. The lowest BCUT2D eigenvalue weighted by molar-refractivity contribution is 0.561. The molecule has 0 radical (unpaired) electrons. The maximum Gasteiger partial charge on any atom is 0.240 e. The van der Waals surface area contributed by atoms with Crippen LogP contribution in [0.25, 0.3) is 0 Å². The Morgan fingerprint density at radius 2 is 2.00 bits per heavy atom. The number of para-hydroxylation sites is 1. The lowest BCUT2D eigenvalue weighted by atomic mass is 10.1. The van der Waals surface area contributed by atoms with Gasteiger partial charge in [-0.15, -0.1) is 0 Å². The van der Waals surface area contributed by atoms with Crippen molar-refractivity contribution in [2.75, 3.05) is 18.0 Å². The number of aryl methyl sites for hydroxylation is 1. The van der Waals surface area contributed by atoms with Gasteiger partial charge in [-0.05, 0) is 60.4 Å². The van der Waals surface area contributed by atoms with E-state index in [0.717, 1.165) is 30.3 Å². The molecule has 0 saturated heterocycles. The molecule has 0 unspecified atom stereocenters. The summed E-state index contributed by atoms with van der Waals surface area (Å²) in [5.74, 6) is -0.455. The highest BCUT2D eigenvalue weighted by Gasteiger charge is 2.29. The number of hydrogen-bond acceptors (Lipinski definition) is 4. The van der Waals surface area contributed by atoms with Gasteiger partial charge in [0.25, 0.3) is 0 Å². The van der Waals surface area contributed by atoms with Gasteiger partial charge in [-0.25, -0.2) is 17.5 Å². The maximum absolute atomic E-state index is 13.4. The highest BCUT2D eigenvalue weighted by Crippen LogP contribution is 2.34. The van der Waals surface area contributed by atoms with Crippen molar-refractivity contribution >= 4 is 15.7 Å². The van der Waals surface area contributed by atoms with Crippen LogP contribution in [0.15, 0.2) is 71.9 Å². The van der Waals surface area contributed by atoms with Crippen LogP contribution in [0.2, 0.25) is 0 Å². The Morgan fingerprint density at radius 3 is 2.76 bits per heavy atom. The van der Waals surface area contributed by atoms with Gasteiger partial charge in [-0.1, -0.05) is 24.3 Å². The molecule has 0 spiro atoms. The van der Waals surface area contributed by atoms with Crippen molar-refractivity contribution in [1.29, 1.82) is 0 Å². The first-order chi connectivity index (χ1) is 14.0. The summed E-state index contributed by atoms with van der Waals surface area (Å²) in [6, 6.07) is 15.5. The summed E-state index contributed by atoms with van der Waals surface area (Å²) in [6.45, 7) is 2.57. The van der Waals surface area contributed by atoms with E-state index in [1.54, 1.807) is 19.3 Å². The Bertz CT molecular complexity index is 1120. The second-order valence-corrected chi connectivity index (χ2v) is 8.87. The summed E-state index contributed by atoms with van der Waals surface area (Å²) in [4.78, 5) is 6.52. The number of rotatable bonds is 6. The third-order valence-corrected chi connectivity index (χ3v) is 6.85. The van der Waals surface area contributed by atoms with Gasteiger partial charge in [0.1, 0.15) is 5.82 Å². The first-order valence-electron chi connectivity index (χ1n) is 9.46. The van der Waals surface area contributed by atoms with Gasteiger partial charge in [-0.2, -0.15) is 0 Å². The molecule has 150 valence electrons. The second-order valence-electron chi connectivity index (χ2n) is 7.14. The van der Waals surface area contributed by atoms with Gasteiger partial charge < -0.3 is 4.90 Å². The number of hydrogen-bond donors (Lipinski definition) is 1. The zero-order valence-corrected chi connectivity index (χ0v) is 16.9. The summed E-state index contributed by atoms with van der Waals surface area (Å²) >= 11 is 0. The third-order valence-electron chi connectivity index (χ3n) is 5.26. The van der Waals surface area contributed by atoms with Crippen molar-refractivity contribution in [3.8, 4) is 0 Å². The predicted octanol–water partition coefficient (Wildman–Crippen LogP) is 3.61. The Kier molecular flexibility index (Phi) is 5.34. The summed E-state index contributed by atoms with van der Waals surface area (Å²) in [5, 5.41) is 0. The van der Waals surface area contributed by atoms with Gasteiger partial charge in [0.2, 0.25) is 10.0 Å². The number of nitrogens with one attached hydrogen (secondary N) is 1. The van der Waals surface area contributed by atoms with Crippen LogP contribution in [0.5, 0.6) is 0 Å². The van der Waals surface area contributed by atoms with Crippen molar-refractivity contribution in [3.05, 3.63) is 89.5 Å².